The molecule has 0 aliphatic heterocycles. The number of hydrogen-bond acceptors (Lipinski definition) is 2. The molecule has 0 spiro atoms. The third-order valence-corrected chi connectivity index (χ3v) is 5.53. The largest absolute Gasteiger partial charge is 0.496 e. The van der Waals surface area contributed by atoms with E-state index in [0.717, 1.165) is 17.7 Å². The minimum absolute atomic E-state index is 0.529. The lowest BCUT2D eigenvalue weighted by Crippen LogP contribution is -2.09. The summed E-state index contributed by atoms with van der Waals surface area (Å²) in [7, 11) is 2.89. The van der Waals surface area contributed by atoms with Crippen LogP contribution in [0.1, 0.15) is 27.7 Å². The molecule has 0 radical (unpaired) electrons. The molecule has 0 fully saturated rings. The highest BCUT2D eigenvalue weighted by atomic mass is 31.1. The monoisotopic (exact) mass is 320 g/mol. The average Bonchev–Trinajstić information content (AvgIpc) is 2.59. The highest BCUT2D eigenvalue weighted by molar-refractivity contribution is 7.70. The summed E-state index contributed by atoms with van der Waals surface area (Å²) in [5, 5.41) is 2.42. The van der Waals surface area contributed by atoms with Crippen molar-refractivity contribution in [1.82, 2.24) is 0 Å². The van der Waals surface area contributed by atoms with Gasteiger partial charge in [-0.25, -0.2) is 0 Å². The third kappa shape index (κ3) is 5.35. The maximum absolute atomic E-state index is 5.51. The number of rotatable bonds is 7. The number of methoxy groups -OCH3 is 2. The lowest BCUT2D eigenvalue weighted by Gasteiger charge is -2.23. The van der Waals surface area contributed by atoms with Crippen LogP contribution < -0.4 is 10.0 Å². The quantitative estimate of drug-likeness (QED) is 0.377. The normalized spacial score (nSPS) is 12.8. The molecule has 0 saturated carbocycles. The zero-order valence-corrected chi connectivity index (χ0v) is 15.6. The van der Waals surface area contributed by atoms with Gasteiger partial charge in [-0.05, 0) is 33.1 Å². The van der Waals surface area contributed by atoms with E-state index in [4.69, 9.17) is 9.47 Å². The van der Waals surface area contributed by atoms with Crippen LogP contribution in [0, 0.1) is 0 Å². The summed E-state index contributed by atoms with van der Waals surface area (Å²) in [6.07, 6.45) is 6.88. The Bertz CT molecular complexity index is 504. The van der Waals surface area contributed by atoms with Crippen molar-refractivity contribution in [3.05, 3.63) is 60.1 Å². The van der Waals surface area contributed by atoms with Gasteiger partial charge >= 0.3 is 0 Å². The van der Waals surface area contributed by atoms with Crippen LogP contribution in [0.4, 0.5) is 0 Å². The maximum Gasteiger partial charge on any atom is 0.126 e. The fourth-order valence-corrected chi connectivity index (χ4v) is 4.52. The van der Waals surface area contributed by atoms with Crippen LogP contribution in [0.5, 0.6) is 5.75 Å². The van der Waals surface area contributed by atoms with Crippen LogP contribution in [0.25, 0.3) is 0 Å². The van der Waals surface area contributed by atoms with Crippen molar-refractivity contribution in [2.24, 2.45) is 0 Å². The number of allylic oxidation sites excluding steroid dienone is 4. The number of hydrogen-bond donors (Lipinski definition) is 0. The van der Waals surface area contributed by atoms with Gasteiger partial charge < -0.3 is 9.47 Å². The smallest absolute Gasteiger partial charge is 0.126 e. The molecule has 0 heterocycles. The van der Waals surface area contributed by atoms with Crippen molar-refractivity contribution in [3.8, 4) is 5.75 Å². The molecule has 1 aromatic carbocycles. The number of benzene rings is 1. The summed E-state index contributed by atoms with van der Waals surface area (Å²) in [6, 6.07) is 8.19. The summed E-state index contributed by atoms with van der Waals surface area (Å²) in [6.45, 7) is 12.0. The standard InChI is InChI=1S/C17H23O2P.C2H6/c1-6-11-16(14(7-2)18-4)20(8-3)17-13-10-9-12-15(17)19-5;1-2/h6-7,9-13H,1,8H2,2-5H3;1-2H3/b14-7+,16-11+;. The molecule has 2 nitrogen and oxygen atoms in total. The molecule has 1 atom stereocenters. The minimum atomic E-state index is -0.529. The summed E-state index contributed by atoms with van der Waals surface area (Å²) >= 11 is 0. The van der Waals surface area contributed by atoms with Crippen LogP contribution in [0.2, 0.25) is 0 Å². The Morgan fingerprint density at radius 2 is 1.86 bits per heavy atom. The van der Waals surface area contributed by atoms with E-state index in [2.05, 4.69) is 25.6 Å². The Kier molecular flexibility index (Phi) is 11.2. The van der Waals surface area contributed by atoms with Crippen LogP contribution in [-0.4, -0.2) is 20.4 Å². The Morgan fingerprint density at radius 1 is 1.23 bits per heavy atom. The second-order valence-corrected chi connectivity index (χ2v) is 6.51. The molecule has 3 heteroatoms. The van der Waals surface area contributed by atoms with E-state index in [1.807, 2.05) is 51.1 Å². The van der Waals surface area contributed by atoms with Crippen molar-refractivity contribution in [1.29, 1.82) is 0 Å². The van der Waals surface area contributed by atoms with E-state index in [-0.39, 0.29) is 0 Å². The molecule has 0 N–H and O–H groups in total. The zero-order chi connectivity index (χ0) is 17.0. The van der Waals surface area contributed by atoms with Gasteiger partial charge in [0.25, 0.3) is 0 Å². The second-order valence-electron chi connectivity index (χ2n) is 4.06. The molecule has 0 bridgehead atoms. The van der Waals surface area contributed by atoms with Crippen molar-refractivity contribution in [2.45, 2.75) is 27.7 Å². The summed E-state index contributed by atoms with van der Waals surface area (Å²) in [5.74, 6) is 1.84. The van der Waals surface area contributed by atoms with E-state index in [1.165, 1.54) is 10.6 Å². The van der Waals surface area contributed by atoms with Gasteiger partial charge in [0.1, 0.15) is 11.5 Å². The Labute approximate surface area is 137 Å². The van der Waals surface area contributed by atoms with E-state index in [0.29, 0.717) is 0 Å². The highest BCUT2D eigenvalue weighted by Crippen LogP contribution is 2.49. The third-order valence-electron chi connectivity index (χ3n) is 2.99. The fourth-order valence-electron chi connectivity index (χ4n) is 2.11. The van der Waals surface area contributed by atoms with Crippen LogP contribution in [0.15, 0.2) is 60.1 Å². The summed E-state index contributed by atoms with van der Waals surface area (Å²) in [5.41, 5.74) is 0. The van der Waals surface area contributed by atoms with Crippen LogP contribution in [-0.2, 0) is 4.74 Å². The van der Waals surface area contributed by atoms with Crippen LogP contribution in [0.3, 0.4) is 0 Å². The predicted octanol–water partition coefficient (Wildman–Crippen LogP) is 5.47. The van der Waals surface area contributed by atoms with Gasteiger partial charge in [-0.3, -0.25) is 0 Å². The summed E-state index contributed by atoms with van der Waals surface area (Å²) < 4.78 is 11.0. The van der Waals surface area contributed by atoms with Gasteiger partial charge in [0.15, 0.2) is 0 Å². The first-order valence-corrected chi connectivity index (χ1v) is 9.20. The van der Waals surface area contributed by atoms with Gasteiger partial charge in [-0.2, -0.15) is 0 Å². The molecule has 1 unspecified atom stereocenters. The molecule has 0 aromatic heterocycles. The van der Waals surface area contributed by atoms with Gasteiger partial charge in [0.2, 0.25) is 0 Å². The topological polar surface area (TPSA) is 18.5 Å². The lowest BCUT2D eigenvalue weighted by atomic mass is 10.3. The number of ether oxygens (including phenoxy) is 2. The molecule has 0 saturated heterocycles. The first-order valence-electron chi connectivity index (χ1n) is 7.67. The maximum atomic E-state index is 5.51. The highest BCUT2D eigenvalue weighted by Gasteiger charge is 2.20. The van der Waals surface area contributed by atoms with E-state index >= 15 is 0 Å². The zero-order valence-electron chi connectivity index (χ0n) is 14.7. The SMILES string of the molecule is C=C/C=C(\C(=C/C)OC)P(CC)c1ccccc1OC.CC. The predicted molar refractivity (Wildman–Crippen MR) is 100 cm³/mol. The fraction of sp³-hybridized carbons (Fsp3) is 0.368. The van der Waals surface area contributed by atoms with E-state index < -0.39 is 7.92 Å². The molecule has 1 aromatic rings. The van der Waals surface area contributed by atoms with Gasteiger partial charge in [-0.1, -0.05) is 57.7 Å². The molecule has 22 heavy (non-hydrogen) atoms. The van der Waals surface area contributed by atoms with Crippen molar-refractivity contribution in [2.75, 3.05) is 20.4 Å². The van der Waals surface area contributed by atoms with Gasteiger partial charge in [0.05, 0.1) is 14.2 Å². The van der Waals surface area contributed by atoms with Gasteiger partial charge in [-0.15, -0.1) is 0 Å². The average molecular weight is 320 g/mol. The Balaban J connectivity index is 0.00000211. The van der Waals surface area contributed by atoms with Crippen molar-refractivity contribution < 1.29 is 9.47 Å². The second kappa shape index (κ2) is 12.1. The van der Waals surface area contributed by atoms with Crippen LogP contribution >= 0.6 is 7.92 Å². The minimum Gasteiger partial charge on any atom is -0.496 e. The van der Waals surface area contributed by atoms with Crippen molar-refractivity contribution >= 4 is 13.2 Å². The Hall–Kier alpha value is -1.53. The lowest BCUT2D eigenvalue weighted by molar-refractivity contribution is 0.304. The van der Waals surface area contributed by atoms with Crippen molar-refractivity contribution in [3.63, 3.8) is 0 Å². The molecule has 1 rings (SSSR count). The molecular formula is C19H29O2P. The molecule has 0 amide bonds. The molecule has 122 valence electrons. The summed E-state index contributed by atoms with van der Waals surface area (Å²) in [4.78, 5) is 0. The molecular weight excluding hydrogens is 291 g/mol. The molecule has 0 aliphatic rings. The van der Waals surface area contributed by atoms with E-state index in [1.54, 1.807) is 14.2 Å². The van der Waals surface area contributed by atoms with E-state index in [9.17, 15) is 0 Å². The Morgan fingerprint density at radius 3 is 2.32 bits per heavy atom. The molecule has 0 aliphatic carbocycles. The van der Waals surface area contributed by atoms with Gasteiger partial charge in [0, 0.05) is 10.6 Å². The number of para-hydroxylation sites is 1. The first kappa shape index (κ1) is 20.5. The first-order chi connectivity index (χ1) is 10.7.